The second-order valence-electron chi connectivity index (χ2n) is 21.5. The fourth-order valence-electron chi connectivity index (χ4n) is 11.3. The van der Waals surface area contributed by atoms with Crippen molar-refractivity contribution in [1.82, 2.24) is 29.9 Å². The monoisotopic (exact) mass is 1490 g/mol. The summed E-state index contributed by atoms with van der Waals surface area (Å²) in [6.07, 6.45) is 2.19. The third-order valence-corrected chi connectivity index (χ3v) is 16.2. The molecule has 3 aromatic heterocycles. The summed E-state index contributed by atoms with van der Waals surface area (Å²) in [6.45, 7) is 0. The second-order valence-corrected chi connectivity index (χ2v) is 21.9. The van der Waals surface area contributed by atoms with Gasteiger partial charge in [0.05, 0.1) is 84.0 Å². The maximum atomic E-state index is 16.5. The topological polar surface area (TPSA) is 83.1 Å². The zero-order valence-electron chi connectivity index (χ0n) is 48.4. The van der Waals surface area contributed by atoms with Gasteiger partial charge in [0.15, 0.2) is 140 Å². The zero-order chi connectivity index (χ0) is 74.8. The molecule has 4 aliphatic heterocycles. The number of aromatic nitrogens is 6. The van der Waals surface area contributed by atoms with Crippen LogP contribution in [-0.4, -0.2) is 29.9 Å². The van der Waals surface area contributed by atoms with Gasteiger partial charge in [-0.1, -0.05) is 11.6 Å². The van der Waals surface area contributed by atoms with E-state index in [1.165, 1.54) is 0 Å². The van der Waals surface area contributed by atoms with Crippen LogP contribution in [0.5, 0.6) is 0 Å². The van der Waals surface area contributed by atoms with Crippen molar-refractivity contribution in [2.24, 2.45) is 0 Å². The van der Waals surface area contributed by atoms with Crippen LogP contribution in [0.1, 0.15) is 45.6 Å². The first-order valence-electron chi connectivity index (χ1n) is 27.5. The molecule has 0 unspecified atom stereocenters. The van der Waals surface area contributed by atoms with Gasteiger partial charge in [-0.05, 0) is 66.8 Å². The number of rotatable bonds is 6. The SMILES string of the molecule is Fc1c(F)c(F)c(-c2c3nc(c(-c4c(F)c(F)c(F)c(F)c4F)c4ccc([nH]4)c(-c4c(F)c(F)c(F)c(F)c4F)c4nc(c(-c5c(F)c(F)c(F)c(F)c5F)c5nc(c(-c6c(F)c(F)c(F)c(F)c6F)c6ccc([nH]6)c(-c6c(F)c(F)c(F)c(F)c6F)c6nc2C=C6)C(Cl)=C5)C=C4)C=C3)c(F)c1F. The number of nitrogens with one attached hydrogen (secondary N) is 2. The summed E-state index contributed by atoms with van der Waals surface area (Å²) in [5.41, 5.74) is -40.0. The largest absolute Gasteiger partial charge is 0.354 e. The van der Waals surface area contributed by atoms with Gasteiger partial charge in [0.25, 0.3) is 0 Å². The molecule has 0 amide bonds. The quantitative estimate of drug-likeness (QED) is 0.0987. The molecule has 4 aliphatic rings. The normalized spacial score (nSPS) is 12.6. The molecule has 0 saturated carbocycles. The lowest BCUT2D eigenvalue weighted by Crippen LogP contribution is -2.06. The van der Waals surface area contributed by atoms with Gasteiger partial charge in [-0.25, -0.2) is 152 Å². The van der Waals surface area contributed by atoms with Gasteiger partial charge in [0.1, 0.15) is 0 Å². The summed E-state index contributed by atoms with van der Waals surface area (Å²) in [5.74, 6) is -86.8. The summed E-state index contributed by atoms with van der Waals surface area (Å²) in [7, 11) is 0. The van der Waals surface area contributed by atoms with Crippen molar-refractivity contribution in [3.05, 3.63) is 244 Å². The average molecular weight is 1500 g/mol. The van der Waals surface area contributed by atoms with Crippen LogP contribution in [0.3, 0.4) is 0 Å². The molecule has 0 radical (unpaired) electrons. The number of hydrogen-bond donors (Lipinski definition) is 2. The third-order valence-electron chi connectivity index (χ3n) is 15.9. The van der Waals surface area contributed by atoms with Crippen LogP contribution >= 0.6 is 11.6 Å². The number of hydrogen-bond acceptors (Lipinski definition) is 4. The molecule has 9 aromatic rings. The Balaban J connectivity index is 1.35. The highest BCUT2D eigenvalue weighted by Crippen LogP contribution is 2.49. The molecule has 524 valence electrons. The molecule has 2 N–H and O–H groups in total. The Morgan fingerprint density at radius 3 is 0.573 bits per heavy atom. The first-order valence-corrected chi connectivity index (χ1v) is 27.9. The highest BCUT2D eigenvalue weighted by atomic mass is 35.5. The summed E-state index contributed by atoms with van der Waals surface area (Å²) in [5, 5.41) is -1.36. The third kappa shape index (κ3) is 10.3. The Bertz CT molecular complexity index is 5800. The van der Waals surface area contributed by atoms with Gasteiger partial charge < -0.3 is 9.97 Å². The smallest absolute Gasteiger partial charge is 0.200 e. The first-order chi connectivity index (χ1) is 48.5. The Morgan fingerprint density at radius 2 is 0.350 bits per heavy atom. The lowest BCUT2D eigenvalue weighted by atomic mass is 10.00. The van der Waals surface area contributed by atoms with Crippen LogP contribution in [0, 0.1) is 175 Å². The predicted octanol–water partition coefficient (Wildman–Crippen LogP) is 21.4. The van der Waals surface area contributed by atoms with E-state index in [4.69, 9.17) is 11.6 Å². The van der Waals surface area contributed by atoms with E-state index in [-0.39, 0.29) is 6.08 Å². The Hall–Kier alpha value is -11.6. The fourth-order valence-corrected chi connectivity index (χ4v) is 11.5. The summed E-state index contributed by atoms with van der Waals surface area (Å²) < 4.78 is 473. The van der Waals surface area contributed by atoms with Crippen molar-refractivity contribution in [2.75, 3.05) is 0 Å². The number of aromatic amines is 2. The molecule has 6 nitrogen and oxygen atoms in total. The van der Waals surface area contributed by atoms with E-state index in [2.05, 4.69) is 24.9 Å². The minimum atomic E-state index is -2.96. The summed E-state index contributed by atoms with van der Waals surface area (Å²) in [6, 6.07) is 1.44. The van der Waals surface area contributed by atoms with Gasteiger partial charge in [-0.2, -0.15) is 0 Å². The number of halogens is 31. The molecule has 0 saturated heterocycles. The average Bonchev–Trinajstić information content (AvgIpc) is 1.63. The maximum Gasteiger partial charge on any atom is 0.200 e. The molecule has 13 rings (SSSR count). The first kappa shape index (κ1) is 69.9. The van der Waals surface area contributed by atoms with Crippen LogP contribution in [0.2, 0.25) is 0 Å². The highest BCUT2D eigenvalue weighted by Gasteiger charge is 2.39. The lowest BCUT2D eigenvalue weighted by molar-refractivity contribution is 0.381. The van der Waals surface area contributed by atoms with E-state index in [1.807, 2.05) is 4.98 Å². The second kappa shape index (κ2) is 24.9. The summed E-state index contributed by atoms with van der Waals surface area (Å²) >= 11 is 6.57. The molecule has 7 heterocycles. The molecule has 0 spiro atoms. The molecular weight excluding hydrogens is 1480 g/mol. The van der Waals surface area contributed by atoms with Gasteiger partial charge >= 0.3 is 0 Å². The van der Waals surface area contributed by atoms with Gasteiger partial charge in [0.2, 0.25) is 34.9 Å². The molecule has 37 heteroatoms. The Morgan fingerprint density at radius 1 is 0.184 bits per heavy atom. The number of H-pyrrole nitrogens is 2. The molecule has 12 bridgehead atoms. The molecule has 6 aromatic carbocycles. The Kier molecular flexibility index (Phi) is 16.9. The number of nitrogens with zero attached hydrogens (tertiary/aromatic N) is 4. The van der Waals surface area contributed by atoms with Crippen molar-refractivity contribution >= 4 is 81.2 Å². The molecule has 0 fully saturated rings. The summed E-state index contributed by atoms with van der Waals surface area (Å²) in [4.78, 5) is 19.6. The van der Waals surface area contributed by atoms with Crippen LogP contribution in [0.4, 0.5) is 132 Å². The van der Waals surface area contributed by atoms with E-state index in [0.29, 0.717) is 60.7 Å². The molecular formula is C66H13ClF30N6. The van der Waals surface area contributed by atoms with E-state index < -0.39 is 314 Å². The van der Waals surface area contributed by atoms with Crippen molar-refractivity contribution in [1.29, 1.82) is 0 Å². The van der Waals surface area contributed by atoms with Gasteiger partial charge in [0, 0.05) is 55.4 Å². The van der Waals surface area contributed by atoms with Crippen molar-refractivity contribution in [3.63, 3.8) is 0 Å². The van der Waals surface area contributed by atoms with Crippen LogP contribution < -0.4 is 0 Å². The molecule has 103 heavy (non-hydrogen) atoms. The van der Waals surface area contributed by atoms with Crippen LogP contribution in [0.15, 0.2) is 24.3 Å². The minimum Gasteiger partial charge on any atom is -0.354 e. The van der Waals surface area contributed by atoms with Crippen LogP contribution in [0.25, 0.3) is 136 Å². The number of fused-ring (bicyclic) bond motifs is 12. The lowest BCUT2D eigenvalue weighted by Gasteiger charge is -2.12. The predicted molar refractivity (Wildman–Crippen MR) is 304 cm³/mol. The highest BCUT2D eigenvalue weighted by molar-refractivity contribution is 6.52. The van der Waals surface area contributed by atoms with Gasteiger partial charge in [-0.15, -0.1) is 0 Å². The van der Waals surface area contributed by atoms with E-state index in [9.17, 15) is 26.3 Å². The van der Waals surface area contributed by atoms with Crippen molar-refractivity contribution < 1.29 is 132 Å². The van der Waals surface area contributed by atoms with E-state index in [0.717, 1.165) is 0 Å². The van der Waals surface area contributed by atoms with Gasteiger partial charge in [-0.3, -0.25) is 0 Å². The van der Waals surface area contributed by atoms with E-state index >= 15 is 105 Å². The van der Waals surface area contributed by atoms with Crippen molar-refractivity contribution in [2.45, 2.75) is 0 Å². The maximum absolute atomic E-state index is 16.5. The van der Waals surface area contributed by atoms with E-state index in [1.54, 1.807) is 0 Å². The number of benzene rings is 6. The van der Waals surface area contributed by atoms with Crippen LogP contribution in [-0.2, 0) is 0 Å². The minimum absolute atomic E-state index is 0.196. The molecule has 0 aliphatic carbocycles. The fraction of sp³-hybridized carbons (Fsp3) is 0. The standard InChI is InChI=1S/C66H13ClF30N6/c67-12-11-23-28(34-44(76)56(88)64(96)57(89)45(34)77)21-8-7-19(101-21)26(32-40(72)52(84)62(94)53(85)41(32)73)17-4-3-15(99-17)24(30-36(68)48(80)60(92)49(81)37(30)69)13-1-2-14(98-13)25(31-38(70)50(82)61(93)51(83)39(31)71)16-5-6-18(100-16)27(33-42(74)54(86)63(95)55(87)43(33)75)20-9-10-22(102-20)29(66(12)103-23)35-46(78)58(90)65(97)59(91)47(35)79/h1-11,99,102H. The Labute approximate surface area is 552 Å². The van der Waals surface area contributed by atoms with Crippen molar-refractivity contribution in [3.8, 4) is 66.8 Å². The molecule has 0 atom stereocenters. The zero-order valence-corrected chi connectivity index (χ0v) is 49.1.